The maximum Gasteiger partial charge on any atom is 0.246 e. The number of aliphatic hydroxyl groups is 2. The number of fused-ring (bicyclic) bond motifs is 1. The molecule has 2 unspecified atom stereocenters. The lowest BCUT2D eigenvalue weighted by atomic mass is 10.1. The first kappa shape index (κ1) is 15.3. The molecule has 2 atom stereocenters. The van der Waals surface area contributed by atoms with Crippen LogP contribution in [0, 0.1) is 0 Å². The molecule has 2 rings (SSSR count). The average Bonchev–Trinajstić information content (AvgIpc) is 2.77. The minimum absolute atomic E-state index is 0.0222. The third-order valence-electron chi connectivity index (χ3n) is 3.11. The fourth-order valence-corrected chi connectivity index (χ4v) is 2.92. The van der Waals surface area contributed by atoms with Crippen molar-refractivity contribution < 1.29 is 15.0 Å². The van der Waals surface area contributed by atoms with Crippen molar-refractivity contribution >= 4 is 23.4 Å². The lowest BCUT2D eigenvalue weighted by Gasteiger charge is -2.11. The Morgan fingerprint density at radius 2 is 2.30 bits per heavy atom. The molecule has 6 heteroatoms. The van der Waals surface area contributed by atoms with Crippen LogP contribution < -0.4 is 10.6 Å². The number of anilines is 1. The first-order chi connectivity index (χ1) is 9.65. The summed E-state index contributed by atoms with van der Waals surface area (Å²) in [6.07, 6.45) is 0.258. The van der Waals surface area contributed by atoms with E-state index in [1.165, 1.54) is 11.8 Å². The van der Waals surface area contributed by atoms with E-state index in [9.17, 15) is 9.90 Å². The monoisotopic (exact) mass is 296 g/mol. The van der Waals surface area contributed by atoms with Crippen molar-refractivity contribution in [2.75, 3.05) is 24.2 Å². The van der Waals surface area contributed by atoms with E-state index in [-0.39, 0.29) is 18.6 Å². The Morgan fingerprint density at radius 3 is 3.00 bits per heavy atom. The second-order valence-electron chi connectivity index (χ2n) is 4.77. The van der Waals surface area contributed by atoms with Crippen LogP contribution in [0.5, 0.6) is 0 Å². The molecule has 0 aromatic heterocycles. The molecule has 1 aromatic carbocycles. The van der Waals surface area contributed by atoms with Crippen LogP contribution in [0.1, 0.15) is 24.9 Å². The van der Waals surface area contributed by atoms with Crippen molar-refractivity contribution in [2.24, 2.45) is 0 Å². The maximum atomic E-state index is 11.9. The molecule has 5 nitrogen and oxygen atoms in total. The molecular weight excluding hydrogens is 276 g/mol. The first-order valence-electron chi connectivity index (χ1n) is 6.75. The van der Waals surface area contributed by atoms with Gasteiger partial charge in [0.2, 0.25) is 5.91 Å². The molecule has 0 fully saturated rings. The van der Waals surface area contributed by atoms with E-state index in [1.54, 1.807) is 0 Å². The second kappa shape index (κ2) is 7.08. The molecule has 1 aliphatic heterocycles. The lowest BCUT2D eigenvalue weighted by molar-refractivity contribution is -0.117. The van der Waals surface area contributed by atoms with E-state index in [0.29, 0.717) is 5.75 Å². The van der Waals surface area contributed by atoms with Crippen LogP contribution in [0.15, 0.2) is 23.1 Å². The Balaban J connectivity index is 2.05. The number of aliphatic hydroxyl groups excluding tert-OH is 2. The van der Waals surface area contributed by atoms with Gasteiger partial charge in [0.25, 0.3) is 0 Å². The van der Waals surface area contributed by atoms with Gasteiger partial charge in [-0.3, -0.25) is 4.79 Å². The van der Waals surface area contributed by atoms with E-state index in [1.807, 2.05) is 18.2 Å². The van der Waals surface area contributed by atoms with Crippen molar-refractivity contribution in [3.8, 4) is 0 Å². The molecule has 1 aromatic rings. The molecule has 0 aliphatic carbocycles. The Morgan fingerprint density at radius 1 is 1.50 bits per heavy atom. The zero-order valence-corrected chi connectivity index (χ0v) is 12.2. The van der Waals surface area contributed by atoms with Crippen LogP contribution in [0.4, 0.5) is 5.69 Å². The standard InChI is InChI=1S/C14H20N2O3S/c1-2-5-15-13-11-4-3-10(20-8-9(18)7-17)6-12(11)16-14(13)19/h3-4,6,9,13,15,17-18H,2,5,7-8H2,1H3,(H,16,19). The normalized spacial score (nSPS) is 18.8. The summed E-state index contributed by atoms with van der Waals surface area (Å²) in [5.41, 5.74) is 1.79. The van der Waals surface area contributed by atoms with E-state index in [2.05, 4.69) is 17.6 Å². The summed E-state index contributed by atoms with van der Waals surface area (Å²) in [4.78, 5) is 12.9. The fraction of sp³-hybridized carbons (Fsp3) is 0.500. The molecule has 0 saturated heterocycles. The molecular formula is C14H20N2O3S. The van der Waals surface area contributed by atoms with Gasteiger partial charge in [0.05, 0.1) is 12.7 Å². The SMILES string of the molecule is CCCNC1C(=O)Nc2cc(SCC(O)CO)ccc21. The molecule has 1 aliphatic rings. The van der Waals surface area contributed by atoms with Gasteiger partial charge in [0.1, 0.15) is 6.04 Å². The Kier molecular flexibility index (Phi) is 5.42. The van der Waals surface area contributed by atoms with Gasteiger partial charge >= 0.3 is 0 Å². The number of rotatable bonds is 7. The number of carbonyl (C=O) groups is 1. The summed E-state index contributed by atoms with van der Waals surface area (Å²) in [6.45, 7) is 2.63. The van der Waals surface area contributed by atoms with Crippen LogP contribution in [-0.4, -0.2) is 41.1 Å². The Labute approximate surface area is 122 Å². The predicted molar refractivity (Wildman–Crippen MR) is 79.9 cm³/mol. The summed E-state index contributed by atoms with van der Waals surface area (Å²) < 4.78 is 0. The van der Waals surface area contributed by atoms with Crippen LogP contribution >= 0.6 is 11.8 Å². The van der Waals surface area contributed by atoms with Gasteiger partial charge in [0.15, 0.2) is 0 Å². The Bertz CT molecular complexity index is 481. The van der Waals surface area contributed by atoms with E-state index < -0.39 is 6.10 Å². The topological polar surface area (TPSA) is 81.6 Å². The lowest BCUT2D eigenvalue weighted by Crippen LogP contribution is -2.27. The number of hydrogen-bond donors (Lipinski definition) is 4. The average molecular weight is 296 g/mol. The summed E-state index contributed by atoms with van der Waals surface area (Å²) >= 11 is 1.46. The maximum absolute atomic E-state index is 11.9. The summed E-state index contributed by atoms with van der Waals surface area (Å²) in [5.74, 6) is 0.409. The van der Waals surface area contributed by atoms with Gasteiger partial charge in [0, 0.05) is 21.9 Å². The highest BCUT2D eigenvalue weighted by Gasteiger charge is 2.29. The number of hydrogen-bond acceptors (Lipinski definition) is 5. The first-order valence-corrected chi connectivity index (χ1v) is 7.74. The largest absolute Gasteiger partial charge is 0.394 e. The van der Waals surface area contributed by atoms with Gasteiger partial charge in [-0.2, -0.15) is 0 Å². The van der Waals surface area contributed by atoms with Crippen molar-refractivity contribution in [1.82, 2.24) is 5.32 Å². The van der Waals surface area contributed by atoms with E-state index >= 15 is 0 Å². The number of benzene rings is 1. The van der Waals surface area contributed by atoms with Gasteiger partial charge in [-0.05, 0) is 25.1 Å². The highest BCUT2D eigenvalue weighted by molar-refractivity contribution is 7.99. The fourth-order valence-electron chi connectivity index (χ4n) is 2.07. The Hall–Kier alpha value is -1.08. The van der Waals surface area contributed by atoms with Crippen LogP contribution in [0.2, 0.25) is 0 Å². The van der Waals surface area contributed by atoms with Gasteiger partial charge in [-0.1, -0.05) is 13.0 Å². The van der Waals surface area contributed by atoms with Gasteiger partial charge in [-0.15, -0.1) is 11.8 Å². The van der Waals surface area contributed by atoms with Crippen molar-refractivity contribution in [3.05, 3.63) is 23.8 Å². The van der Waals surface area contributed by atoms with Crippen LogP contribution in [0.25, 0.3) is 0 Å². The minimum atomic E-state index is -0.721. The molecule has 110 valence electrons. The predicted octanol–water partition coefficient (Wildman–Crippen LogP) is 1.12. The molecule has 1 heterocycles. The third-order valence-corrected chi connectivity index (χ3v) is 4.25. The molecule has 0 bridgehead atoms. The summed E-state index contributed by atoms with van der Waals surface area (Å²) in [5, 5.41) is 24.2. The summed E-state index contributed by atoms with van der Waals surface area (Å²) in [7, 11) is 0. The third kappa shape index (κ3) is 3.52. The number of carbonyl (C=O) groups excluding carboxylic acids is 1. The molecule has 4 N–H and O–H groups in total. The highest BCUT2D eigenvalue weighted by atomic mass is 32.2. The van der Waals surface area contributed by atoms with Crippen LogP contribution in [0.3, 0.4) is 0 Å². The van der Waals surface area contributed by atoms with Crippen molar-refractivity contribution in [2.45, 2.75) is 30.4 Å². The van der Waals surface area contributed by atoms with E-state index in [4.69, 9.17) is 5.11 Å². The van der Waals surface area contributed by atoms with Gasteiger partial charge < -0.3 is 20.8 Å². The number of nitrogens with one attached hydrogen (secondary N) is 2. The second-order valence-corrected chi connectivity index (χ2v) is 5.87. The molecule has 20 heavy (non-hydrogen) atoms. The molecule has 0 spiro atoms. The smallest absolute Gasteiger partial charge is 0.246 e. The molecule has 0 saturated carbocycles. The zero-order valence-electron chi connectivity index (χ0n) is 11.4. The highest BCUT2D eigenvalue weighted by Crippen LogP contribution is 2.34. The van der Waals surface area contributed by atoms with Crippen LogP contribution in [-0.2, 0) is 4.79 Å². The molecule has 0 radical (unpaired) electrons. The van der Waals surface area contributed by atoms with Gasteiger partial charge in [-0.25, -0.2) is 0 Å². The summed E-state index contributed by atoms with van der Waals surface area (Å²) in [6, 6.07) is 5.52. The minimum Gasteiger partial charge on any atom is -0.394 e. The number of amides is 1. The number of thioether (sulfide) groups is 1. The van der Waals surface area contributed by atoms with Crippen molar-refractivity contribution in [1.29, 1.82) is 0 Å². The van der Waals surface area contributed by atoms with Crippen molar-refractivity contribution in [3.63, 3.8) is 0 Å². The quantitative estimate of drug-likeness (QED) is 0.567. The zero-order chi connectivity index (χ0) is 14.5. The molecule has 1 amide bonds. The van der Waals surface area contributed by atoms with E-state index in [0.717, 1.165) is 29.1 Å².